The van der Waals surface area contributed by atoms with E-state index in [0.29, 0.717) is 29.7 Å². The van der Waals surface area contributed by atoms with E-state index in [4.69, 9.17) is 5.11 Å². The first kappa shape index (κ1) is 9.96. The molecule has 1 heterocycles. The van der Waals surface area contributed by atoms with Crippen LogP contribution in [0.2, 0.25) is 0 Å². The number of aromatic carboxylic acids is 1. The number of hydrogen-bond acceptors (Lipinski definition) is 2. The minimum absolute atomic E-state index is 0.0602. The van der Waals surface area contributed by atoms with E-state index in [1.54, 1.807) is 6.92 Å². The number of H-pyrrole nitrogens is 1. The second-order valence-corrected chi connectivity index (χ2v) is 4.22. The van der Waals surface area contributed by atoms with Crippen LogP contribution in [0.25, 0.3) is 0 Å². The van der Waals surface area contributed by atoms with Crippen molar-refractivity contribution in [2.24, 2.45) is 5.92 Å². The number of aryl methyl sites for hydroxylation is 1. The maximum atomic E-state index is 11.7. The fourth-order valence-corrected chi connectivity index (χ4v) is 2.28. The van der Waals surface area contributed by atoms with Gasteiger partial charge < -0.3 is 10.1 Å². The number of Topliss-reactive ketones (excluding diaryl/α,β-unsaturated/α-hetero) is 1. The number of nitrogens with one attached hydrogen (secondary N) is 1. The van der Waals surface area contributed by atoms with Gasteiger partial charge in [-0.1, -0.05) is 6.92 Å². The van der Waals surface area contributed by atoms with E-state index in [1.807, 2.05) is 6.92 Å². The Kier molecular flexibility index (Phi) is 2.14. The fourth-order valence-electron chi connectivity index (χ4n) is 2.28. The van der Waals surface area contributed by atoms with Gasteiger partial charge in [0.2, 0.25) is 0 Å². The van der Waals surface area contributed by atoms with Crippen molar-refractivity contribution in [3.63, 3.8) is 0 Å². The minimum Gasteiger partial charge on any atom is -0.477 e. The largest absolute Gasteiger partial charge is 0.477 e. The molecule has 1 aliphatic rings. The zero-order chi connectivity index (χ0) is 11.2. The highest BCUT2D eigenvalue weighted by atomic mass is 16.4. The number of ketones is 1. The fraction of sp³-hybridized carbons (Fsp3) is 0.455. The van der Waals surface area contributed by atoms with Gasteiger partial charge in [-0.05, 0) is 24.8 Å². The molecule has 15 heavy (non-hydrogen) atoms. The Labute approximate surface area is 87.3 Å². The van der Waals surface area contributed by atoms with E-state index >= 15 is 0 Å². The zero-order valence-corrected chi connectivity index (χ0v) is 8.76. The lowest BCUT2D eigenvalue weighted by atomic mass is 9.84. The van der Waals surface area contributed by atoms with Gasteiger partial charge >= 0.3 is 5.97 Å². The van der Waals surface area contributed by atoms with Gasteiger partial charge in [-0.25, -0.2) is 4.79 Å². The van der Waals surface area contributed by atoms with Gasteiger partial charge in [-0.3, -0.25) is 4.79 Å². The zero-order valence-electron chi connectivity index (χ0n) is 8.76. The summed E-state index contributed by atoms with van der Waals surface area (Å²) in [5.41, 5.74) is 2.15. The van der Waals surface area contributed by atoms with E-state index in [2.05, 4.69) is 4.98 Å². The highest BCUT2D eigenvalue weighted by molar-refractivity contribution is 6.03. The summed E-state index contributed by atoms with van der Waals surface area (Å²) in [5.74, 6) is -0.690. The van der Waals surface area contributed by atoms with Crippen LogP contribution in [0.4, 0.5) is 0 Å². The third kappa shape index (κ3) is 1.46. The highest BCUT2D eigenvalue weighted by Crippen LogP contribution is 2.30. The smallest absolute Gasteiger partial charge is 0.352 e. The molecular weight excluding hydrogens is 194 g/mol. The molecule has 0 aromatic carbocycles. The Morgan fingerprint density at radius 3 is 2.73 bits per heavy atom. The topological polar surface area (TPSA) is 70.2 Å². The summed E-state index contributed by atoms with van der Waals surface area (Å²) in [6, 6.07) is 0. The van der Waals surface area contributed by atoms with Crippen LogP contribution >= 0.6 is 0 Å². The standard InChI is InChI=1S/C11H13NO3/c1-5-3-7-9(8(13)4-5)6(2)12-10(7)11(14)15/h5,12H,3-4H2,1-2H3,(H,14,15). The molecule has 1 aliphatic carbocycles. The van der Waals surface area contributed by atoms with E-state index in [0.717, 1.165) is 0 Å². The summed E-state index contributed by atoms with van der Waals surface area (Å²) in [6.45, 7) is 3.72. The monoisotopic (exact) mass is 207 g/mol. The molecule has 1 atom stereocenters. The van der Waals surface area contributed by atoms with Crippen LogP contribution in [0.3, 0.4) is 0 Å². The molecule has 0 bridgehead atoms. The van der Waals surface area contributed by atoms with Crippen LogP contribution < -0.4 is 0 Å². The summed E-state index contributed by atoms with van der Waals surface area (Å²) in [5, 5.41) is 8.98. The Morgan fingerprint density at radius 1 is 1.47 bits per heavy atom. The number of aromatic amines is 1. The molecular formula is C11H13NO3. The predicted molar refractivity (Wildman–Crippen MR) is 54.3 cm³/mol. The van der Waals surface area contributed by atoms with Crippen LogP contribution in [-0.2, 0) is 6.42 Å². The number of hydrogen-bond donors (Lipinski definition) is 2. The number of carboxylic acid groups (broad SMARTS) is 1. The summed E-state index contributed by atoms with van der Waals surface area (Å²) < 4.78 is 0. The Balaban J connectivity index is 2.61. The van der Waals surface area contributed by atoms with Crippen molar-refractivity contribution in [1.82, 2.24) is 4.98 Å². The summed E-state index contributed by atoms with van der Waals surface area (Å²) in [4.78, 5) is 25.5. The molecule has 0 saturated carbocycles. The average Bonchev–Trinajstić information content (AvgIpc) is 2.42. The van der Waals surface area contributed by atoms with Crippen molar-refractivity contribution >= 4 is 11.8 Å². The third-order valence-electron chi connectivity index (χ3n) is 2.87. The number of aromatic nitrogens is 1. The van der Waals surface area contributed by atoms with E-state index in [-0.39, 0.29) is 17.4 Å². The van der Waals surface area contributed by atoms with E-state index in [9.17, 15) is 9.59 Å². The van der Waals surface area contributed by atoms with Crippen LogP contribution in [0.5, 0.6) is 0 Å². The van der Waals surface area contributed by atoms with Gasteiger partial charge in [-0.2, -0.15) is 0 Å². The SMILES string of the molecule is Cc1[nH]c(C(=O)O)c2c1C(=O)CC(C)C2. The number of carbonyl (C=O) groups is 2. The molecule has 0 aliphatic heterocycles. The predicted octanol–water partition coefficient (Wildman–Crippen LogP) is 1.79. The van der Waals surface area contributed by atoms with Gasteiger partial charge in [-0.15, -0.1) is 0 Å². The van der Waals surface area contributed by atoms with Gasteiger partial charge in [0.1, 0.15) is 5.69 Å². The Hall–Kier alpha value is -1.58. The molecule has 2 rings (SSSR count). The third-order valence-corrected chi connectivity index (χ3v) is 2.87. The van der Waals surface area contributed by atoms with Crippen molar-refractivity contribution in [1.29, 1.82) is 0 Å². The van der Waals surface area contributed by atoms with Crippen LogP contribution in [0.15, 0.2) is 0 Å². The molecule has 2 N–H and O–H groups in total. The van der Waals surface area contributed by atoms with Crippen molar-refractivity contribution in [2.75, 3.05) is 0 Å². The van der Waals surface area contributed by atoms with E-state index in [1.165, 1.54) is 0 Å². The molecule has 80 valence electrons. The summed E-state index contributed by atoms with van der Waals surface area (Å²) >= 11 is 0. The first-order valence-electron chi connectivity index (χ1n) is 4.98. The van der Waals surface area contributed by atoms with Gasteiger partial charge in [0.15, 0.2) is 5.78 Å². The van der Waals surface area contributed by atoms with E-state index < -0.39 is 5.97 Å². The quantitative estimate of drug-likeness (QED) is 0.737. The summed E-state index contributed by atoms with van der Waals surface area (Å²) in [6.07, 6.45) is 1.19. The molecule has 1 unspecified atom stereocenters. The Morgan fingerprint density at radius 2 is 2.13 bits per heavy atom. The first-order chi connectivity index (χ1) is 7.00. The maximum Gasteiger partial charge on any atom is 0.352 e. The van der Waals surface area contributed by atoms with Crippen LogP contribution in [0.1, 0.15) is 45.4 Å². The lowest BCUT2D eigenvalue weighted by molar-refractivity contribution is 0.0689. The molecule has 0 saturated heterocycles. The van der Waals surface area contributed by atoms with Crippen LogP contribution in [0, 0.1) is 12.8 Å². The van der Waals surface area contributed by atoms with Gasteiger partial charge in [0, 0.05) is 17.7 Å². The molecule has 4 heteroatoms. The molecule has 1 aromatic rings. The van der Waals surface area contributed by atoms with Gasteiger partial charge in [0.25, 0.3) is 0 Å². The first-order valence-corrected chi connectivity index (χ1v) is 4.98. The molecule has 0 fully saturated rings. The number of carbonyl (C=O) groups excluding carboxylic acids is 1. The summed E-state index contributed by atoms with van der Waals surface area (Å²) in [7, 11) is 0. The molecule has 0 spiro atoms. The normalized spacial score (nSPS) is 20.1. The molecule has 1 aromatic heterocycles. The second-order valence-electron chi connectivity index (χ2n) is 4.22. The van der Waals surface area contributed by atoms with Crippen molar-refractivity contribution in [3.05, 3.63) is 22.5 Å². The minimum atomic E-state index is -0.985. The van der Waals surface area contributed by atoms with Gasteiger partial charge in [0.05, 0.1) is 0 Å². The second kappa shape index (κ2) is 3.22. The van der Waals surface area contributed by atoms with Crippen molar-refractivity contribution in [2.45, 2.75) is 26.7 Å². The van der Waals surface area contributed by atoms with Crippen LogP contribution in [-0.4, -0.2) is 21.8 Å². The number of carboxylic acids is 1. The highest BCUT2D eigenvalue weighted by Gasteiger charge is 2.30. The lowest BCUT2D eigenvalue weighted by Gasteiger charge is -2.17. The van der Waals surface area contributed by atoms with Crippen molar-refractivity contribution in [3.8, 4) is 0 Å². The average molecular weight is 207 g/mol. The molecule has 4 nitrogen and oxygen atoms in total. The Bertz CT molecular complexity index is 445. The lowest BCUT2D eigenvalue weighted by Crippen LogP contribution is -2.18. The maximum absolute atomic E-state index is 11.7. The molecule has 0 amide bonds. The number of fused-ring (bicyclic) bond motifs is 1. The molecule has 0 radical (unpaired) electrons. The number of rotatable bonds is 1. The van der Waals surface area contributed by atoms with Crippen molar-refractivity contribution < 1.29 is 14.7 Å².